The first-order valence-electron chi connectivity index (χ1n) is 8.65. The zero-order valence-corrected chi connectivity index (χ0v) is 17.1. The SMILES string of the molecule is CC1(C)OC(=O)C(=CNc2ccc(Oc3ccc(S(C)(=O)=O)cc3F)cc2)C(=O)O1. The molecule has 2 aromatic rings. The minimum atomic E-state index is -3.53. The number of rotatable bonds is 5. The number of carbonyl (C=O) groups is 2. The highest BCUT2D eigenvalue weighted by Crippen LogP contribution is 2.28. The van der Waals surface area contributed by atoms with Crippen molar-refractivity contribution in [2.75, 3.05) is 11.6 Å². The molecule has 1 N–H and O–H groups in total. The van der Waals surface area contributed by atoms with Crippen LogP contribution in [0.3, 0.4) is 0 Å². The minimum absolute atomic E-state index is 0.138. The second-order valence-electron chi connectivity index (χ2n) is 6.87. The lowest BCUT2D eigenvalue weighted by atomic mass is 10.2. The summed E-state index contributed by atoms with van der Waals surface area (Å²) in [7, 11) is -3.53. The summed E-state index contributed by atoms with van der Waals surface area (Å²) >= 11 is 0. The van der Waals surface area contributed by atoms with Gasteiger partial charge < -0.3 is 19.5 Å². The molecular weight excluding hydrogens is 417 g/mol. The van der Waals surface area contributed by atoms with Crippen molar-refractivity contribution < 1.29 is 36.6 Å². The summed E-state index contributed by atoms with van der Waals surface area (Å²) in [5.41, 5.74) is 0.218. The normalized spacial score (nSPS) is 15.8. The Kier molecular flexibility index (Phi) is 5.53. The summed E-state index contributed by atoms with van der Waals surface area (Å²) in [6.45, 7) is 2.90. The molecule has 0 radical (unpaired) electrons. The maximum absolute atomic E-state index is 14.1. The van der Waals surface area contributed by atoms with Crippen molar-refractivity contribution >= 4 is 27.5 Å². The van der Waals surface area contributed by atoms with Gasteiger partial charge in [-0.25, -0.2) is 22.4 Å². The van der Waals surface area contributed by atoms with Crippen molar-refractivity contribution in [2.24, 2.45) is 0 Å². The van der Waals surface area contributed by atoms with Crippen LogP contribution in [-0.2, 0) is 28.9 Å². The van der Waals surface area contributed by atoms with Crippen molar-refractivity contribution in [1.29, 1.82) is 0 Å². The third kappa shape index (κ3) is 4.95. The second-order valence-corrected chi connectivity index (χ2v) is 8.89. The lowest BCUT2D eigenvalue weighted by Gasteiger charge is -2.29. The van der Waals surface area contributed by atoms with Crippen LogP contribution in [0.1, 0.15) is 13.8 Å². The number of hydrogen-bond donors (Lipinski definition) is 1. The third-order valence-corrected chi connectivity index (χ3v) is 5.02. The fourth-order valence-electron chi connectivity index (χ4n) is 2.48. The monoisotopic (exact) mass is 435 g/mol. The Hall–Kier alpha value is -3.40. The van der Waals surface area contributed by atoms with Gasteiger partial charge in [0.25, 0.3) is 5.79 Å². The number of ether oxygens (including phenoxy) is 3. The molecule has 3 rings (SSSR count). The molecule has 0 saturated carbocycles. The molecule has 158 valence electrons. The van der Waals surface area contributed by atoms with Crippen molar-refractivity contribution in [2.45, 2.75) is 24.5 Å². The Balaban J connectivity index is 1.69. The molecule has 1 heterocycles. The minimum Gasteiger partial charge on any atom is -0.454 e. The van der Waals surface area contributed by atoms with Gasteiger partial charge in [0, 0.05) is 32.0 Å². The Morgan fingerprint density at radius 3 is 2.17 bits per heavy atom. The first-order valence-corrected chi connectivity index (χ1v) is 10.5. The molecular formula is C20H18FNO7S. The summed E-state index contributed by atoms with van der Waals surface area (Å²) < 4.78 is 52.4. The van der Waals surface area contributed by atoms with E-state index < -0.39 is 33.4 Å². The number of cyclic esters (lactones) is 2. The molecule has 2 aromatic carbocycles. The van der Waals surface area contributed by atoms with E-state index >= 15 is 0 Å². The smallest absolute Gasteiger partial charge is 0.350 e. The van der Waals surface area contributed by atoms with Gasteiger partial charge in [0.15, 0.2) is 27.0 Å². The van der Waals surface area contributed by atoms with E-state index in [-0.39, 0.29) is 22.0 Å². The summed E-state index contributed by atoms with van der Waals surface area (Å²) in [6.07, 6.45) is 2.15. The van der Waals surface area contributed by atoms with E-state index in [1.807, 2.05) is 0 Å². The van der Waals surface area contributed by atoms with Crippen LogP contribution in [0.2, 0.25) is 0 Å². The maximum Gasteiger partial charge on any atom is 0.350 e. The highest BCUT2D eigenvalue weighted by molar-refractivity contribution is 7.90. The quantitative estimate of drug-likeness (QED) is 0.434. The molecule has 10 heteroatoms. The Labute approximate surface area is 172 Å². The average molecular weight is 435 g/mol. The Morgan fingerprint density at radius 1 is 1.03 bits per heavy atom. The first-order chi connectivity index (χ1) is 13.9. The van der Waals surface area contributed by atoms with Crippen LogP contribution in [0.4, 0.5) is 10.1 Å². The number of sulfone groups is 1. The van der Waals surface area contributed by atoms with Crippen LogP contribution in [-0.4, -0.2) is 32.4 Å². The maximum atomic E-state index is 14.1. The molecule has 8 nitrogen and oxygen atoms in total. The van der Waals surface area contributed by atoms with E-state index in [1.165, 1.54) is 44.3 Å². The van der Waals surface area contributed by atoms with Crippen LogP contribution in [0.25, 0.3) is 0 Å². The van der Waals surface area contributed by atoms with E-state index in [4.69, 9.17) is 14.2 Å². The molecule has 0 amide bonds. The number of anilines is 1. The molecule has 1 aliphatic heterocycles. The van der Waals surface area contributed by atoms with E-state index in [0.717, 1.165) is 12.3 Å². The molecule has 0 atom stereocenters. The molecule has 0 aliphatic carbocycles. The highest BCUT2D eigenvalue weighted by Gasteiger charge is 2.38. The summed E-state index contributed by atoms with van der Waals surface area (Å²) in [6, 6.07) is 9.54. The van der Waals surface area contributed by atoms with Crippen molar-refractivity contribution in [3.05, 3.63) is 60.1 Å². The van der Waals surface area contributed by atoms with Gasteiger partial charge in [0.1, 0.15) is 5.75 Å². The van der Waals surface area contributed by atoms with Crippen molar-refractivity contribution in [1.82, 2.24) is 0 Å². The van der Waals surface area contributed by atoms with Crippen molar-refractivity contribution in [3.63, 3.8) is 0 Å². The molecule has 1 saturated heterocycles. The molecule has 1 fully saturated rings. The molecule has 0 bridgehead atoms. The number of halogens is 1. The average Bonchev–Trinajstić information content (AvgIpc) is 2.62. The first kappa shape index (κ1) is 21.3. The number of esters is 2. The van der Waals surface area contributed by atoms with Gasteiger partial charge in [-0.15, -0.1) is 0 Å². The fourth-order valence-corrected chi connectivity index (χ4v) is 3.11. The van der Waals surface area contributed by atoms with Gasteiger partial charge in [-0.05, 0) is 42.5 Å². The predicted molar refractivity (Wildman–Crippen MR) is 104 cm³/mol. The van der Waals surface area contributed by atoms with Crippen LogP contribution in [0.5, 0.6) is 11.5 Å². The highest BCUT2D eigenvalue weighted by atomic mass is 32.2. The van der Waals surface area contributed by atoms with E-state index in [1.54, 1.807) is 12.1 Å². The van der Waals surface area contributed by atoms with Crippen LogP contribution in [0.15, 0.2) is 59.1 Å². The van der Waals surface area contributed by atoms with Gasteiger partial charge in [-0.1, -0.05) is 0 Å². The lowest BCUT2D eigenvalue weighted by molar-refractivity contribution is -0.222. The number of hydrogen-bond acceptors (Lipinski definition) is 8. The Morgan fingerprint density at radius 2 is 1.63 bits per heavy atom. The second kappa shape index (κ2) is 7.79. The van der Waals surface area contributed by atoms with Gasteiger partial charge in [0.05, 0.1) is 4.90 Å². The van der Waals surface area contributed by atoms with Gasteiger partial charge in [0.2, 0.25) is 0 Å². The molecule has 0 unspecified atom stereocenters. The van der Waals surface area contributed by atoms with Crippen molar-refractivity contribution in [3.8, 4) is 11.5 Å². The summed E-state index contributed by atoms with van der Waals surface area (Å²) in [5.74, 6) is -3.60. The predicted octanol–water partition coefficient (Wildman–Crippen LogP) is 3.15. The number of carbonyl (C=O) groups excluding carboxylic acids is 2. The topological polar surface area (TPSA) is 108 Å². The standard InChI is InChI=1S/C20H18FNO7S/c1-20(2)28-18(23)15(19(24)29-20)11-22-12-4-6-13(7-5-12)27-17-9-8-14(10-16(17)21)30(3,25)26/h4-11,22H,1-3H3. The molecule has 0 spiro atoms. The molecule has 30 heavy (non-hydrogen) atoms. The number of nitrogens with one attached hydrogen (secondary N) is 1. The molecule has 0 aromatic heterocycles. The van der Waals surface area contributed by atoms with E-state index in [9.17, 15) is 22.4 Å². The van der Waals surface area contributed by atoms with Gasteiger partial charge in [-0.3, -0.25) is 0 Å². The van der Waals surface area contributed by atoms with Crippen LogP contribution in [0, 0.1) is 5.82 Å². The summed E-state index contributed by atoms with van der Waals surface area (Å²) in [4.78, 5) is 23.6. The van der Waals surface area contributed by atoms with E-state index in [2.05, 4.69) is 5.32 Å². The third-order valence-electron chi connectivity index (χ3n) is 3.91. The lowest BCUT2D eigenvalue weighted by Crippen LogP contribution is -2.42. The fraction of sp³-hybridized carbons (Fsp3) is 0.200. The summed E-state index contributed by atoms with van der Waals surface area (Å²) in [5, 5.41) is 2.77. The zero-order valence-electron chi connectivity index (χ0n) is 16.3. The van der Waals surface area contributed by atoms with Gasteiger partial charge >= 0.3 is 11.9 Å². The molecule has 1 aliphatic rings. The zero-order chi connectivity index (χ0) is 22.1. The van der Waals surface area contributed by atoms with Crippen LogP contribution < -0.4 is 10.1 Å². The Bertz CT molecular complexity index is 1120. The number of benzene rings is 2. The van der Waals surface area contributed by atoms with Gasteiger partial charge in [-0.2, -0.15) is 0 Å². The van der Waals surface area contributed by atoms with Crippen LogP contribution >= 0.6 is 0 Å². The van der Waals surface area contributed by atoms with E-state index in [0.29, 0.717) is 5.69 Å². The largest absolute Gasteiger partial charge is 0.454 e.